The Hall–Kier alpha value is 1.30. The molecule has 0 radical (unpaired) electrons. The van der Waals surface area contributed by atoms with Gasteiger partial charge in [-0.1, -0.05) is 0 Å². The summed E-state index contributed by atoms with van der Waals surface area (Å²) in [7, 11) is 4.13. The van der Waals surface area contributed by atoms with E-state index in [2.05, 4.69) is 23.9 Å². The first-order valence-electron chi connectivity index (χ1n) is 6.31. The van der Waals surface area contributed by atoms with Gasteiger partial charge in [0, 0.05) is 12.1 Å². The van der Waals surface area contributed by atoms with Crippen molar-refractivity contribution in [2.75, 3.05) is 40.4 Å². The van der Waals surface area contributed by atoms with Crippen LogP contribution in [0.5, 0.6) is 0 Å². The van der Waals surface area contributed by atoms with Gasteiger partial charge in [0.25, 0.3) is 0 Å². The van der Waals surface area contributed by atoms with Crippen LogP contribution in [0.4, 0.5) is 0 Å². The van der Waals surface area contributed by atoms with Gasteiger partial charge in [0.2, 0.25) is 0 Å². The molecule has 0 amide bonds. The van der Waals surface area contributed by atoms with Gasteiger partial charge in [0.05, 0.1) is 13.2 Å². The molecule has 2 aliphatic rings. The summed E-state index contributed by atoms with van der Waals surface area (Å²) in [5, 5.41) is 17.4. The van der Waals surface area contributed by atoms with E-state index in [1.807, 2.05) is 0 Å². The minimum atomic E-state index is 0. The lowest BCUT2D eigenvalue weighted by Crippen LogP contribution is -2.27. The zero-order valence-electron chi connectivity index (χ0n) is 11.4. The molecule has 4 nitrogen and oxygen atoms in total. The van der Waals surface area contributed by atoms with Gasteiger partial charge in [0.15, 0.2) is 0 Å². The normalized spacial score (nSPS) is 28.0. The molecule has 2 aliphatic heterocycles. The van der Waals surface area contributed by atoms with Crippen LogP contribution in [0.3, 0.4) is 0 Å². The Kier molecular flexibility index (Phi) is 14.5. The van der Waals surface area contributed by atoms with Crippen molar-refractivity contribution in [3.05, 3.63) is 0 Å². The van der Waals surface area contributed by atoms with E-state index in [9.17, 15) is 0 Å². The second-order valence-electron chi connectivity index (χ2n) is 4.92. The zero-order chi connectivity index (χ0) is 12.0. The Bertz CT molecular complexity index is 179. The van der Waals surface area contributed by atoms with Crippen molar-refractivity contribution in [3.8, 4) is 0 Å². The summed E-state index contributed by atoms with van der Waals surface area (Å²) in [4.78, 5) is 4.42. The van der Waals surface area contributed by atoms with Gasteiger partial charge in [-0.05, 0) is 52.9 Å². The number of hydrogen-bond donors (Lipinski definition) is 2. The fourth-order valence-electron chi connectivity index (χ4n) is 2.42. The minimum absolute atomic E-state index is 0. The number of likely N-dealkylation sites (N-methyl/N-ethyl adjacent to an activating group) is 2. The van der Waals surface area contributed by atoms with Gasteiger partial charge < -0.3 is 20.0 Å². The molecule has 2 unspecified atom stereocenters. The number of nitrogens with zero attached hydrogens (tertiary/aromatic N) is 2. The van der Waals surface area contributed by atoms with Crippen LogP contribution < -0.4 is 0 Å². The molecule has 2 fully saturated rings. The van der Waals surface area contributed by atoms with E-state index in [1.165, 1.54) is 25.7 Å². The van der Waals surface area contributed by atoms with Crippen molar-refractivity contribution in [3.63, 3.8) is 0 Å². The van der Waals surface area contributed by atoms with Crippen molar-refractivity contribution in [2.45, 2.75) is 37.8 Å². The summed E-state index contributed by atoms with van der Waals surface area (Å²) in [5.41, 5.74) is 0. The van der Waals surface area contributed by atoms with Gasteiger partial charge >= 0.3 is 0 Å². The van der Waals surface area contributed by atoms with Crippen molar-refractivity contribution in [2.24, 2.45) is 0 Å². The zero-order valence-corrected chi connectivity index (χ0v) is 16.1. The van der Waals surface area contributed by atoms with Gasteiger partial charge in [-0.15, -0.1) is 48.0 Å². The number of aliphatic hydroxyl groups is 2. The quantitative estimate of drug-likeness (QED) is 0.580. The van der Waals surface area contributed by atoms with Gasteiger partial charge in [-0.25, -0.2) is 0 Å². The number of rotatable bonds is 2. The first kappa shape index (κ1) is 21.6. The summed E-state index contributed by atoms with van der Waals surface area (Å²) in [6, 6.07) is 0.907. The van der Waals surface area contributed by atoms with E-state index in [0.717, 1.165) is 13.1 Å². The van der Waals surface area contributed by atoms with E-state index in [-0.39, 0.29) is 48.0 Å². The third-order valence-corrected chi connectivity index (χ3v) is 3.76. The highest BCUT2D eigenvalue weighted by molar-refractivity contribution is 14.0. The van der Waals surface area contributed by atoms with Crippen LogP contribution in [0, 0.1) is 0 Å². The summed E-state index contributed by atoms with van der Waals surface area (Å²) in [6.45, 7) is 2.98. The van der Waals surface area contributed by atoms with E-state index >= 15 is 0 Å². The fourth-order valence-corrected chi connectivity index (χ4v) is 2.42. The first-order valence-corrected chi connectivity index (χ1v) is 6.31. The third kappa shape index (κ3) is 7.18. The molecule has 0 aromatic rings. The maximum absolute atomic E-state index is 8.69. The molecule has 2 atom stereocenters. The molecule has 112 valence electrons. The lowest BCUT2D eigenvalue weighted by Gasteiger charge is -2.15. The first-order chi connectivity index (χ1) is 7.69. The average molecular weight is 486 g/mol. The van der Waals surface area contributed by atoms with Crippen LogP contribution in [0.15, 0.2) is 0 Å². The number of aliphatic hydroxyl groups excluding tert-OH is 2. The van der Waals surface area contributed by atoms with Crippen molar-refractivity contribution < 1.29 is 10.2 Å². The molecule has 0 aliphatic carbocycles. The Morgan fingerprint density at radius 2 is 1.17 bits per heavy atom. The van der Waals surface area contributed by atoms with Crippen molar-refractivity contribution >= 4 is 48.0 Å². The average Bonchev–Trinajstić information content (AvgIpc) is 2.87. The molecule has 2 N–H and O–H groups in total. The predicted octanol–water partition coefficient (Wildman–Crippen LogP) is 1.38. The van der Waals surface area contributed by atoms with Gasteiger partial charge in [0.1, 0.15) is 0 Å². The second kappa shape index (κ2) is 12.1. The number of likely N-dealkylation sites (tertiary alicyclic amines) is 2. The van der Waals surface area contributed by atoms with E-state index in [4.69, 9.17) is 10.2 Å². The van der Waals surface area contributed by atoms with Crippen molar-refractivity contribution in [1.82, 2.24) is 9.80 Å². The smallest absolute Gasteiger partial charge is 0.0586 e. The molecule has 0 bridgehead atoms. The summed E-state index contributed by atoms with van der Waals surface area (Å²) in [6.07, 6.45) is 4.85. The summed E-state index contributed by atoms with van der Waals surface area (Å²) in [5.74, 6) is 0. The van der Waals surface area contributed by atoms with Crippen LogP contribution in [-0.2, 0) is 0 Å². The third-order valence-electron chi connectivity index (χ3n) is 3.76. The SMILES string of the molecule is CN1CCCC1CO.CN1CCCC1CO.I.I. The molecule has 2 saturated heterocycles. The summed E-state index contributed by atoms with van der Waals surface area (Å²) >= 11 is 0. The largest absolute Gasteiger partial charge is 0.395 e. The second-order valence-corrected chi connectivity index (χ2v) is 4.92. The Balaban J connectivity index is 0. The molecule has 0 aromatic carbocycles. The van der Waals surface area contributed by atoms with Crippen molar-refractivity contribution in [1.29, 1.82) is 0 Å². The molecular weight excluding hydrogens is 458 g/mol. The molecule has 2 heterocycles. The predicted molar refractivity (Wildman–Crippen MR) is 96.3 cm³/mol. The lowest BCUT2D eigenvalue weighted by molar-refractivity contribution is 0.182. The van der Waals surface area contributed by atoms with Crippen LogP contribution in [-0.4, -0.2) is 72.5 Å². The highest BCUT2D eigenvalue weighted by Crippen LogP contribution is 2.13. The molecule has 0 saturated carbocycles. The molecule has 0 spiro atoms. The molecule has 6 heteroatoms. The molecular formula is C12H28I2N2O2. The molecule has 2 rings (SSSR count). The van der Waals surface area contributed by atoms with E-state index < -0.39 is 0 Å². The number of hydrogen-bond acceptors (Lipinski definition) is 4. The van der Waals surface area contributed by atoms with Gasteiger partial charge in [-0.2, -0.15) is 0 Å². The molecule has 18 heavy (non-hydrogen) atoms. The maximum Gasteiger partial charge on any atom is 0.0586 e. The van der Waals surface area contributed by atoms with Crippen LogP contribution in [0.25, 0.3) is 0 Å². The fraction of sp³-hybridized carbons (Fsp3) is 1.00. The Morgan fingerprint density at radius 3 is 1.28 bits per heavy atom. The van der Waals surface area contributed by atoms with E-state index in [1.54, 1.807) is 0 Å². The minimum Gasteiger partial charge on any atom is -0.395 e. The highest BCUT2D eigenvalue weighted by atomic mass is 127. The Labute approximate surface area is 145 Å². The summed E-state index contributed by atoms with van der Waals surface area (Å²) < 4.78 is 0. The maximum atomic E-state index is 8.69. The van der Waals surface area contributed by atoms with Crippen LogP contribution >= 0.6 is 48.0 Å². The lowest BCUT2D eigenvalue weighted by atomic mass is 10.2. The Morgan fingerprint density at radius 1 is 0.833 bits per heavy atom. The van der Waals surface area contributed by atoms with Crippen LogP contribution in [0.1, 0.15) is 25.7 Å². The van der Waals surface area contributed by atoms with Gasteiger partial charge in [-0.3, -0.25) is 0 Å². The van der Waals surface area contributed by atoms with E-state index in [0.29, 0.717) is 25.3 Å². The standard InChI is InChI=1S/2C6H13NO.2HI/c2*1-7-4-2-3-6(7)5-8;;/h2*6,8H,2-5H2,1H3;2*1H. The monoisotopic (exact) mass is 486 g/mol. The highest BCUT2D eigenvalue weighted by Gasteiger charge is 2.19. The topological polar surface area (TPSA) is 46.9 Å². The van der Waals surface area contributed by atoms with Crippen LogP contribution in [0.2, 0.25) is 0 Å². The number of halogens is 2. The molecule has 0 aromatic heterocycles.